The lowest BCUT2D eigenvalue weighted by Gasteiger charge is -2.20. The molecule has 2 unspecified atom stereocenters. The lowest BCUT2D eigenvalue weighted by Crippen LogP contribution is -2.36. The van der Waals surface area contributed by atoms with Gasteiger partial charge in [-0.3, -0.25) is 8.98 Å². The number of nitrogens with one attached hydrogen (secondary N) is 1. The normalized spacial score (nSPS) is 24.7. The van der Waals surface area contributed by atoms with Crippen LogP contribution >= 0.6 is 0 Å². The highest BCUT2D eigenvalue weighted by Crippen LogP contribution is 2.21. The molecule has 0 aromatic carbocycles. The highest BCUT2D eigenvalue weighted by molar-refractivity contribution is 7.86. The summed E-state index contributed by atoms with van der Waals surface area (Å²) in [7, 11) is -3.42. The first-order valence-electron chi connectivity index (χ1n) is 6.68. The minimum Gasteiger partial charge on any atom is -0.465 e. The monoisotopic (exact) mass is 293 g/mol. The molecular formula is C12H23NO5S. The van der Waals surface area contributed by atoms with Gasteiger partial charge < -0.3 is 10.1 Å². The molecule has 1 N–H and O–H groups in total. The lowest BCUT2D eigenvalue weighted by atomic mass is 10.1. The fourth-order valence-electron chi connectivity index (χ4n) is 2.28. The van der Waals surface area contributed by atoms with E-state index in [4.69, 9.17) is 8.92 Å². The number of ether oxygens (including phenoxy) is 1. The van der Waals surface area contributed by atoms with Crippen LogP contribution < -0.4 is 5.32 Å². The number of rotatable bonds is 6. The van der Waals surface area contributed by atoms with E-state index in [1.807, 2.05) is 0 Å². The van der Waals surface area contributed by atoms with Gasteiger partial charge in [0.1, 0.15) is 0 Å². The van der Waals surface area contributed by atoms with Crippen LogP contribution in [0.3, 0.4) is 0 Å². The summed E-state index contributed by atoms with van der Waals surface area (Å²) >= 11 is 0. The maximum absolute atomic E-state index is 11.3. The lowest BCUT2D eigenvalue weighted by molar-refractivity contribution is -0.142. The van der Waals surface area contributed by atoms with Gasteiger partial charge in [0.25, 0.3) is 10.1 Å². The molecule has 2 atom stereocenters. The van der Waals surface area contributed by atoms with E-state index in [9.17, 15) is 13.2 Å². The van der Waals surface area contributed by atoms with Gasteiger partial charge in [-0.05, 0) is 26.2 Å². The minimum atomic E-state index is -3.42. The molecule has 0 aromatic rings. The van der Waals surface area contributed by atoms with Crippen LogP contribution in [0, 0.1) is 0 Å². The largest absolute Gasteiger partial charge is 0.465 e. The molecule has 1 fully saturated rings. The molecule has 1 saturated carbocycles. The zero-order valence-electron chi connectivity index (χ0n) is 11.6. The van der Waals surface area contributed by atoms with Crippen molar-refractivity contribution >= 4 is 16.1 Å². The Morgan fingerprint density at radius 1 is 1.32 bits per heavy atom. The summed E-state index contributed by atoms with van der Waals surface area (Å²) in [5.41, 5.74) is 0. The van der Waals surface area contributed by atoms with E-state index >= 15 is 0 Å². The fraction of sp³-hybridized carbons (Fsp3) is 0.917. The topological polar surface area (TPSA) is 81.7 Å². The predicted molar refractivity (Wildman–Crippen MR) is 71.2 cm³/mol. The van der Waals surface area contributed by atoms with Crippen molar-refractivity contribution in [1.29, 1.82) is 0 Å². The summed E-state index contributed by atoms with van der Waals surface area (Å²) in [6.45, 7) is 2.29. The highest BCUT2D eigenvalue weighted by Gasteiger charge is 2.23. The van der Waals surface area contributed by atoms with Gasteiger partial charge in [0.2, 0.25) is 0 Å². The number of carbonyl (C=O) groups is 1. The van der Waals surface area contributed by atoms with E-state index in [0.717, 1.165) is 31.9 Å². The Labute approximate surface area is 115 Å². The molecular weight excluding hydrogens is 270 g/mol. The SMILES string of the molecule is CCOC(=O)CNC1CCCCC(OS(C)(=O)=O)C1. The highest BCUT2D eigenvalue weighted by atomic mass is 32.2. The summed E-state index contributed by atoms with van der Waals surface area (Å²) < 4.78 is 32.2. The maximum atomic E-state index is 11.3. The molecule has 0 bridgehead atoms. The zero-order chi connectivity index (χ0) is 14.3. The van der Waals surface area contributed by atoms with Crippen LogP contribution in [0.5, 0.6) is 0 Å². The Bertz CT molecular complexity index is 382. The smallest absolute Gasteiger partial charge is 0.319 e. The second-order valence-electron chi connectivity index (χ2n) is 4.83. The molecule has 19 heavy (non-hydrogen) atoms. The van der Waals surface area contributed by atoms with Crippen LogP contribution in [-0.4, -0.2) is 45.9 Å². The molecule has 0 aromatic heterocycles. The van der Waals surface area contributed by atoms with Crippen molar-refractivity contribution < 1.29 is 22.1 Å². The Hall–Kier alpha value is -0.660. The van der Waals surface area contributed by atoms with Crippen molar-refractivity contribution in [2.75, 3.05) is 19.4 Å². The van der Waals surface area contributed by atoms with E-state index in [0.29, 0.717) is 13.0 Å². The van der Waals surface area contributed by atoms with Crippen molar-refractivity contribution in [3.8, 4) is 0 Å². The van der Waals surface area contributed by atoms with Crippen molar-refractivity contribution in [3.63, 3.8) is 0 Å². The number of hydrogen-bond acceptors (Lipinski definition) is 6. The van der Waals surface area contributed by atoms with Gasteiger partial charge in [0.15, 0.2) is 0 Å². The Kier molecular flexibility index (Phi) is 6.74. The molecule has 6 nitrogen and oxygen atoms in total. The second kappa shape index (κ2) is 7.81. The van der Waals surface area contributed by atoms with E-state index in [1.54, 1.807) is 6.92 Å². The number of carbonyl (C=O) groups excluding carboxylic acids is 1. The molecule has 1 rings (SSSR count). The number of hydrogen-bond donors (Lipinski definition) is 1. The van der Waals surface area contributed by atoms with Crippen molar-refractivity contribution in [2.45, 2.75) is 51.2 Å². The van der Waals surface area contributed by atoms with Crippen molar-refractivity contribution in [3.05, 3.63) is 0 Å². The van der Waals surface area contributed by atoms with Gasteiger partial charge in [0.05, 0.1) is 25.5 Å². The molecule has 0 saturated heterocycles. The minimum absolute atomic E-state index is 0.0960. The average Bonchev–Trinajstić information content (AvgIpc) is 2.50. The third-order valence-electron chi connectivity index (χ3n) is 3.03. The quantitative estimate of drug-likeness (QED) is 0.443. The summed E-state index contributed by atoms with van der Waals surface area (Å²) in [5, 5.41) is 3.11. The van der Waals surface area contributed by atoms with Crippen LogP contribution in [0.1, 0.15) is 39.0 Å². The van der Waals surface area contributed by atoms with Crippen LogP contribution in [0.25, 0.3) is 0 Å². The van der Waals surface area contributed by atoms with Gasteiger partial charge in [-0.1, -0.05) is 12.8 Å². The van der Waals surface area contributed by atoms with Crippen molar-refractivity contribution in [2.24, 2.45) is 0 Å². The van der Waals surface area contributed by atoms with Crippen molar-refractivity contribution in [1.82, 2.24) is 5.32 Å². The van der Waals surface area contributed by atoms with Gasteiger partial charge in [-0.15, -0.1) is 0 Å². The molecule has 0 heterocycles. The van der Waals surface area contributed by atoms with E-state index < -0.39 is 10.1 Å². The Morgan fingerprint density at radius 3 is 2.63 bits per heavy atom. The van der Waals surface area contributed by atoms with Gasteiger partial charge in [0, 0.05) is 6.04 Å². The Balaban J connectivity index is 2.42. The Morgan fingerprint density at radius 2 is 2.00 bits per heavy atom. The van der Waals surface area contributed by atoms with Crippen LogP contribution in [0.15, 0.2) is 0 Å². The predicted octanol–water partition coefficient (Wildman–Crippen LogP) is 0.817. The molecule has 0 aliphatic heterocycles. The van der Waals surface area contributed by atoms with E-state index in [-0.39, 0.29) is 24.7 Å². The molecule has 1 aliphatic rings. The number of esters is 1. The third-order valence-corrected chi connectivity index (χ3v) is 3.65. The van der Waals surface area contributed by atoms with E-state index in [1.165, 1.54) is 0 Å². The first kappa shape index (κ1) is 16.4. The van der Waals surface area contributed by atoms with Crippen LogP contribution in [-0.2, 0) is 23.8 Å². The maximum Gasteiger partial charge on any atom is 0.319 e. The van der Waals surface area contributed by atoms with Crippen LogP contribution in [0.2, 0.25) is 0 Å². The molecule has 0 radical (unpaired) electrons. The standard InChI is InChI=1S/C12H23NO5S/c1-3-17-12(14)9-13-10-6-4-5-7-11(8-10)18-19(2,15)16/h10-11,13H,3-9H2,1-2H3. The van der Waals surface area contributed by atoms with Gasteiger partial charge >= 0.3 is 5.97 Å². The van der Waals surface area contributed by atoms with Gasteiger partial charge in [-0.2, -0.15) is 8.42 Å². The average molecular weight is 293 g/mol. The first-order chi connectivity index (χ1) is 8.90. The first-order valence-corrected chi connectivity index (χ1v) is 8.49. The summed E-state index contributed by atoms with van der Waals surface area (Å²) in [4.78, 5) is 11.3. The fourth-order valence-corrected chi connectivity index (χ4v) is 2.94. The molecule has 0 spiro atoms. The molecule has 112 valence electrons. The van der Waals surface area contributed by atoms with Crippen LogP contribution in [0.4, 0.5) is 0 Å². The zero-order valence-corrected chi connectivity index (χ0v) is 12.4. The summed E-state index contributed by atoms with van der Waals surface area (Å²) in [6.07, 6.45) is 4.98. The summed E-state index contributed by atoms with van der Waals surface area (Å²) in [6, 6.07) is 0.0960. The third kappa shape index (κ3) is 7.49. The molecule has 7 heteroatoms. The molecule has 0 amide bonds. The van der Waals surface area contributed by atoms with E-state index in [2.05, 4.69) is 5.32 Å². The van der Waals surface area contributed by atoms with Gasteiger partial charge in [-0.25, -0.2) is 0 Å². The molecule has 1 aliphatic carbocycles. The summed E-state index contributed by atoms with van der Waals surface area (Å²) in [5.74, 6) is -0.285. The second-order valence-corrected chi connectivity index (χ2v) is 6.43.